The number of unbranched alkanes of at least 4 members (excludes halogenated alkanes) is 1. The molecular formula is C19H42IN5O. The lowest BCUT2D eigenvalue weighted by Gasteiger charge is -2.34. The van der Waals surface area contributed by atoms with Crippen molar-refractivity contribution in [2.75, 3.05) is 60.0 Å². The zero-order valence-electron chi connectivity index (χ0n) is 17.8. The van der Waals surface area contributed by atoms with Crippen LogP contribution in [0.3, 0.4) is 0 Å². The van der Waals surface area contributed by atoms with Crippen molar-refractivity contribution in [3.05, 3.63) is 0 Å². The molecule has 0 aromatic carbocycles. The molecule has 0 spiro atoms. The Morgan fingerprint density at radius 1 is 1.23 bits per heavy atom. The molecule has 0 saturated carbocycles. The van der Waals surface area contributed by atoms with Crippen LogP contribution in [0.2, 0.25) is 0 Å². The number of nitrogens with zero attached hydrogens (tertiary/aromatic N) is 3. The number of ether oxygens (including phenoxy) is 1. The first kappa shape index (κ1) is 25.9. The van der Waals surface area contributed by atoms with Crippen molar-refractivity contribution in [2.45, 2.75) is 52.7 Å². The number of hydrogen-bond donors (Lipinski definition) is 2. The van der Waals surface area contributed by atoms with Gasteiger partial charge in [0.15, 0.2) is 5.96 Å². The Morgan fingerprint density at radius 2 is 1.96 bits per heavy atom. The van der Waals surface area contributed by atoms with Crippen molar-refractivity contribution < 1.29 is 4.74 Å². The molecule has 2 N–H and O–H groups in total. The number of hydrogen-bond acceptors (Lipinski definition) is 4. The van der Waals surface area contributed by atoms with Crippen LogP contribution in [0.25, 0.3) is 0 Å². The van der Waals surface area contributed by atoms with E-state index in [-0.39, 0.29) is 30.1 Å². The molecular weight excluding hydrogens is 441 g/mol. The van der Waals surface area contributed by atoms with Gasteiger partial charge in [-0.2, -0.15) is 0 Å². The third-order valence-electron chi connectivity index (χ3n) is 4.68. The lowest BCUT2D eigenvalue weighted by Crippen LogP contribution is -2.50. The van der Waals surface area contributed by atoms with Gasteiger partial charge in [0.1, 0.15) is 0 Å². The molecule has 1 saturated heterocycles. The summed E-state index contributed by atoms with van der Waals surface area (Å²) >= 11 is 0. The average Bonchev–Trinajstić information content (AvgIpc) is 2.56. The van der Waals surface area contributed by atoms with Crippen LogP contribution in [0.5, 0.6) is 0 Å². The normalized spacial score (nSPS) is 19.1. The molecule has 1 rings (SSSR count). The largest absolute Gasteiger partial charge is 0.374 e. The molecule has 1 fully saturated rings. The lowest BCUT2D eigenvalue weighted by molar-refractivity contribution is -0.0284. The first-order chi connectivity index (χ1) is 11.9. The summed E-state index contributed by atoms with van der Waals surface area (Å²) in [5.41, 5.74) is 0. The number of aliphatic imine (C=N–C) groups is 1. The highest BCUT2D eigenvalue weighted by molar-refractivity contribution is 14.0. The smallest absolute Gasteiger partial charge is 0.191 e. The number of morpholine rings is 1. The molecule has 0 radical (unpaired) electrons. The summed E-state index contributed by atoms with van der Waals surface area (Å²) in [6.07, 6.45) is 2.60. The van der Waals surface area contributed by atoms with Crippen molar-refractivity contribution >= 4 is 29.9 Å². The molecule has 0 aromatic heterocycles. The van der Waals surface area contributed by atoms with Gasteiger partial charge in [-0.15, -0.1) is 24.0 Å². The maximum atomic E-state index is 5.88. The monoisotopic (exact) mass is 483 g/mol. The summed E-state index contributed by atoms with van der Waals surface area (Å²) < 4.78 is 5.88. The molecule has 156 valence electrons. The first-order valence-electron chi connectivity index (χ1n) is 9.91. The van der Waals surface area contributed by atoms with Crippen LogP contribution in [0.1, 0.15) is 40.5 Å². The van der Waals surface area contributed by atoms with Crippen LogP contribution in [-0.2, 0) is 4.74 Å². The third kappa shape index (κ3) is 11.6. The number of halogens is 1. The molecule has 1 heterocycles. The Kier molecular flexibility index (Phi) is 14.8. The minimum atomic E-state index is 0. The van der Waals surface area contributed by atoms with Crippen molar-refractivity contribution in [1.82, 2.24) is 20.4 Å². The van der Waals surface area contributed by atoms with E-state index in [9.17, 15) is 0 Å². The minimum absolute atomic E-state index is 0. The molecule has 26 heavy (non-hydrogen) atoms. The quantitative estimate of drug-likeness (QED) is 0.216. The van der Waals surface area contributed by atoms with E-state index >= 15 is 0 Å². The molecule has 1 unspecified atom stereocenters. The van der Waals surface area contributed by atoms with Gasteiger partial charge < -0.3 is 20.3 Å². The van der Waals surface area contributed by atoms with Gasteiger partial charge in [0, 0.05) is 45.8 Å². The van der Waals surface area contributed by atoms with Gasteiger partial charge in [0.05, 0.1) is 12.7 Å². The molecule has 7 heteroatoms. The number of rotatable bonds is 10. The standard InChI is InChI=1S/C19H41N5O.HI/c1-16(2)14-24-11-12-25-18(15-24)13-22-19(20-5)21-9-7-8-10-23(6)17(3)4;/h16-18H,7-15H2,1-6H3,(H2,20,21,22);1H. The highest BCUT2D eigenvalue weighted by atomic mass is 127. The zero-order valence-corrected chi connectivity index (χ0v) is 20.1. The highest BCUT2D eigenvalue weighted by Gasteiger charge is 2.20. The second-order valence-electron chi connectivity index (χ2n) is 7.81. The van der Waals surface area contributed by atoms with Gasteiger partial charge in [0.2, 0.25) is 0 Å². The lowest BCUT2D eigenvalue weighted by atomic mass is 10.2. The number of guanidine groups is 1. The summed E-state index contributed by atoms with van der Waals surface area (Å²) in [5, 5.41) is 6.81. The van der Waals surface area contributed by atoms with E-state index in [2.05, 4.69) is 60.2 Å². The van der Waals surface area contributed by atoms with Gasteiger partial charge in [-0.05, 0) is 46.2 Å². The van der Waals surface area contributed by atoms with E-state index in [0.29, 0.717) is 12.0 Å². The molecule has 1 aliphatic heterocycles. The Morgan fingerprint density at radius 3 is 2.58 bits per heavy atom. The third-order valence-corrected chi connectivity index (χ3v) is 4.68. The maximum Gasteiger partial charge on any atom is 0.191 e. The average molecular weight is 483 g/mol. The van der Waals surface area contributed by atoms with Crippen LogP contribution in [0.15, 0.2) is 4.99 Å². The predicted molar refractivity (Wildman–Crippen MR) is 123 cm³/mol. The predicted octanol–water partition coefficient (Wildman–Crippen LogP) is 2.25. The molecule has 0 amide bonds. The molecule has 1 atom stereocenters. The van der Waals surface area contributed by atoms with Crippen molar-refractivity contribution in [3.8, 4) is 0 Å². The van der Waals surface area contributed by atoms with E-state index in [4.69, 9.17) is 4.74 Å². The topological polar surface area (TPSA) is 52.1 Å². The fraction of sp³-hybridized carbons (Fsp3) is 0.947. The summed E-state index contributed by atoms with van der Waals surface area (Å²) in [6, 6.07) is 0.619. The van der Waals surface area contributed by atoms with Gasteiger partial charge >= 0.3 is 0 Å². The summed E-state index contributed by atoms with van der Waals surface area (Å²) in [5.74, 6) is 1.58. The van der Waals surface area contributed by atoms with Crippen molar-refractivity contribution in [1.29, 1.82) is 0 Å². The van der Waals surface area contributed by atoms with Crippen LogP contribution in [-0.4, -0.2) is 87.9 Å². The molecule has 1 aliphatic rings. The second-order valence-corrected chi connectivity index (χ2v) is 7.81. The van der Waals surface area contributed by atoms with Crippen LogP contribution < -0.4 is 10.6 Å². The first-order valence-corrected chi connectivity index (χ1v) is 9.91. The SMILES string of the molecule is CN=C(NCCCCN(C)C(C)C)NCC1CN(CC(C)C)CCO1.I. The fourth-order valence-corrected chi connectivity index (χ4v) is 2.97. The van der Waals surface area contributed by atoms with E-state index < -0.39 is 0 Å². The van der Waals surface area contributed by atoms with Crippen LogP contribution in [0.4, 0.5) is 0 Å². The Hall–Kier alpha value is -0.120. The summed E-state index contributed by atoms with van der Waals surface area (Å²) in [7, 11) is 4.01. The molecule has 0 aliphatic carbocycles. The van der Waals surface area contributed by atoms with E-state index in [0.717, 1.165) is 58.3 Å². The summed E-state index contributed by atoms with van der Waals surface area (Å²) in [4.78, 5) is 9.20. The second kappa shape index (κ2) is 14.9. The van der Waals surface area contributed by atoms with Crippen molar-refractivity contribution in [2.24, 2.45) is 10.9 Å². The Labute approximate surface area is 178 Å². The minimum Gasteiger partial charge on any atom is -0.374 e. The molecule has 0 bridgehead atoms. The van der Waals surface area contributed by atoms with E-state index in [1.54, 1.807) is 0 Å². The van der Waals surface area contributed by atoms with Gasteiger partial charge in [-0.25, -0.2) is 0 Å². The fourth-order valence-electron chi connectivity index (χ4n) is 2.97. The number of nitrogens with one attached hydrogen (secondary N) is 2. The Bertz CT molecular complexity index is 379. The van der Waals surface area contributed by atoms with Gasteiger partial charge in [0.25, 0.3) is 0 Å². The van der Waals surface area contributed by atoms with Crippen LogP contribution in [0, 0.1) is 5.92 Å². The van der Waals surface area contributed by atoms with Crippen molar-refractivity contribution in [3.63, 3.8) is 0 Å². The van der Waals surface area contributed by atoms with Crippen LogP contribution >= 0.6 is 24.0 Å². The molecule has 0 aromatic rings. The Balaban J connectivity index is 0.00000625. The summed E-state index contributed by atoms with van der Waals surface area (Å²) in [6.45, 7) is 16.0. The van der Waals surface area contributed by atoms with E-state index in [1.165, 1.54) is 6.42 Å². The highest BCUT2D eigenvalue weighted by Crippen LogP contribution is 2.07. The van der Waals surface area contributed by atoms with E-state index in [1.807, 2.05) is 7.05 Å². The van der Waals surface area contributed by atoms with Gasteiger partial charge in [-0.1, -0.05) is 13.8 Å². The van der Waals surface area contributed by atoms with Gasteiger partial charge in [-0.3, -0.25) is 9.89 Å². The molecule has 6 nitrogen and oxygen atoms in total. The maximum absolute atomic E-state index is 5.88. The zero-order chi connectivity index (χ0) is 18.7.